The summed E-state index contributed by atoms with van der Waals surface area (Å²) in [5.41, 5.74) is 0. The number of nitrogens with one attached hydrogen (secondary N) is 1. The largest absolute Gasteiger partial charge is 0.469 e. The van der Waals surface area contributed by atoms with Gasteiger partial charge in [0.15, 0.2) is 0 Å². The maximum absolute atomic E-state index is 12.3. The minimum Gasteiger partial charge on any atom is -0.469 e. The van der Waals surface area contributed by atoms with Crippen molar-refractivity contribution in [1.29, 1.82) is 0 Å². The second kappa shape index (κ2) is 5.17. The Kier molecular flexibility index (Phi) is 3.38. The Labute approximate surface area is 111 Å². The quantitative estimate of drug-likeness (QED) is 0.815. The molecule has 5 nitrogen and oxygen atoms in total. The molecule has 2 aliphatic rings. The van der Waals surface area contributed by atoms with Gasteiger partial charge in [0.1, 0.15) is 5.76 Å². The average molecular weight is 262 g/mol. The van der Waals surface area contributed by atoms with Crippen LogP contribution < -0.4 is 5.32 Å². The van der Waals surface area contributed by atoms with E-state index in [-0.39, 0.29) is 23.8 Å². The molecular formula is C14H18N2O3. The summed E-state index contributed by atoms with van der Waals surface area (Å²) in [7, 11) is 0. The first kappa shape index (κ1) is 12.4. The number of rotatable bonds is 2. The third-order valence-corrected chi connectivity index (χ3v) is 4.00. The van der Waals surface area contributed by atoms with E-state index in [4.69, 9.17) is 4.42 Å². The summed E-state index contributed by atoms with van der Waals surface area (Å²) in [6.07, 6.45) is 4.07. The number of hydrogen-bond acceptors (Lipinski definition) is 4. The van der Waals surface area contributed by atoms with E-state index in [2.05, 4.69) is 5.32 Å². The molecule has 5 heteroatoms. The third kappa shape index (κ3) is 2.42. The summed E-state index contributed by atoms with van der Waals surface area (Å²) >= 11 is 0. The summed E-state index contributed by atoms with van der Waals surface area (Å²) in [4.78, 5) is 26.0. The lowest BCUT2D eigenvalue weighted by molar-refractivity contribution is -0.152. The number of carbonyl (C=O) groups excluding carboxylic acids is 2. The van der Waals surface area contributed by atoms with Crippen molar-refractivity contribution in [3.8, 4) is 0 Å². The van der Waals surface area contributed by atoms with Gasteiger partial charge in [-0.3, -0.25) is 14.5 Å². The number of amides is 2. The Bertz CT molecular complexity index is 445. The average Bonchev–Trinajstić information content (AvgIpc) is 2.93. The first-order chi connectivity index (χ1) is 9.25. The maximum atomic E-state index is 12.3. The van der Waals surface area contributed by atoms with E-state index in [0.29, 0.717) is 12.8 Å². The second-order valence-electron chi connectivity index (χ2n) is 5.26. The SMILES string of the molecule is O=C1CC(c2ccco2)CC(=O)N1C1CCNCC1. The Morgan fingerprint density at radius 3 is 2.42 bits per heavy atom. The fourth-order valence-electron chi connectivity index (χ4n) is 3.03. The van der Waals surface area contributed by atoms with E-state index in [1.165, 1.54) is 4.90 Å². The molecule has 3 rings (SSSR count). The molecule has 0 spiro atoms. The van der Waals surface area contributed by atoms with Gasteiger partial charge in [-0.25, -0.2) is 0 Å². The molecule has 2 aliphatic heterocycles. The molecule has 0 bridgehead atoms. The van der Waals surface area contributed by atoms with Crippen molar-refractivity contribution >= 4 is 11.8 Å². The van der Waals surface area contributed by atoms with Crippen molar-refractivity contribution in [2.75, 3.05) is 13.1 Å². The van der Waals surface area contributed by atoms with Crippen LogP contribution in [0.1, 0.15) is 37.4 Å². The molecular weight excluding hydrogens is 244 g/mol. The van der Waals surface area contributed by atoms with Crippen LogP contribution in [0.15, 0.2) is 22.8 Å². The van der Waals surface area contributed by atoms with Crippen LogP contribution in [0.3, 0.4) is 0 Å². The predicted molar refractivity (Wildman–Crippen MR) is 68.4 cm³/mol. The molecule has 19 heavy (non-hydrogen) atoms. The van der Waals surface area contributed by atoms with Crippen molar-refractivity contribution in [3.63, 3.8) is 0 Å². The fraction of sp³-hybridized carbons (Fsp3) is 0.571. The molecule has 0 aromatic carbocycles. The minimum absolute atomic E-state index is 0.0513. The van der Waals surface area contributed by atoms with Gasteiger partial charge in [-0.05, 0) is 38.1 Å². The number of likely N-dealkylation sites (tertiary alicyclic amines) is 1. The van der Waals surface area contributed by atoms with E-state index < -0.39 is 0 Å². The first-order valence-corrected chi connectivity index (χ1v) is 6.84. The molecule has 0 unspecified atom stereocenters. The topological polar surface area (TPSA) is 62.6 Å². The van der Waals surface area contributed by atoms with Gasteiger partial charge in [0.05, 0.1) is 6.26 Å². The zero-order chi connectivity index (χ0) is 13.2. The van der Waals surface area contributed by atoms with Crippen LogP contribution in [0.5, 0.6) is 0 Å². The van der Waals surface area contributed by atoms with Crippen LogP contribution in [-0.2, 0) is 9.59 Å². The predicted octanol–water partition coefficient (Wildman–Crippen LogP) is 1.26. The zero-order valence-corrected chi connectivity index (χ0v) is 10.8. The summed E-state index contributed by atoms with van der Waals surface area (Å²) in [5.74, 6) is 0.550. The summed E-state index contributed by atoms with van der Waals surface area (Å²) in [5, 5.41) is 3.25. The highest BCUT2D eigenvalue weighted by atomic mass is 16.3. The molecule has 102 valence electrons. The van der Waals surface area contributed by atoms with E-state index in [1.54, 1.807) is 12.3 Å². The van der Waals surface area contributed by atoms with Crippen molar-refractivity contribution in [2.45, 2.75) is 37.6 Å². The van der Waals surface area contributed by atoms with E-state index in [9.17, 15) is 9.59 Å². The maximum Gasteiger partial charge on any atom is 0.230 e. The molecule has 0 atom stereocenters. The van der Waals surface area contributed by atoms with Crippen LogP contribution in [0, 0.1) is 0 Å². The number of nitrogens with zero attached hydrogens (tertiary/aromatic N) is 1. The molecule has 2 saturated heterocycles. The molecule has 1 aromatic heterocycles. The molecule has 1 N–H and O–H groups in total. The minimum atomic E-state index is -0.0898. The molecule has 1 aromatic rings. The monoisotopic (exact) mass is 262 g/mol. The molecule has 0 saturated carbocycles. The lowest BCUT2D eigenvalue weighted by atomic mass is 9.91. The van der Waals surface area contributed by atoms with Gasteiger partial charge in [-0.15, -0.1) is 0 Å². The molecule has 0 aliphatic carbocycles. The van der Waals surface area contributed by atoms with Crippen molar-refractivity contribution in [2.24, 2.45) is 0 Å². The molecule has 0 radical (unpaired) electrons. The van der Waals surface area contributed by atoms with Crippen LogP contribution in [0.25, 0.3) is 0 Å². The standard InChI is InChI=1S/C14H18N2O3/c17-13-8-10(12-2-1-7-19-12)9-14(18)16(13)11-3-5-15-6-4-11/h1-2,7,10-11,15H,3-6,8-9H2. The first-order valence-electron chi connectivity index (χ1n) is 6.84. The number of hydrogen-bond donors (Lipinski definition) is 1. The van der Waals surface area contributed by atoms with Crippen LogP contribution in [0.2, 0.25) is 0 Å². The molecule has 2 fully saturated rings. The summed E-state index contributed by atoms with van der Waals surface area (Å²) < 4.78 is 5.32. The third-order valence-electron chi connectivity index (χ3n) is 4.00. The van der Waals surface area contributed by atoms with E-state index in [0.717, 1.165) is 31.7 Å². The van der Waals surface area contributed by atoms with Crippen molar-refractivity contribution in [1.82, 2.24) is 10.2 Å². The Balaban J connectivity index is 1.72. The van der Waals surface area contributed by atoms with Crippen molar-refractivity contribution in [3.05, 3.63) is 24.2 Å². The van der Waals surface area contributed by atoms with Crippen molar-refractivity contribution < 1.29 is 14.0 Å². The number of furan rings is 1. The van der Waals surface area contributed by atoms with E-state index >= 15 is 0 Å². The number of imide groups is 1. The number of carbonyl (C=O) groups is 2. The Hall–Kier alpha value is -1.62. The molecule has 3 heterocycles. The van der Waals surface area contributed by atoms with E-state index in [1.807, 2.05) is 6.07 Å². The highest BCUT2D eigenvalue weighted by Crippen LogP contribution is 2.31. The summed E-state index contributed by atoms with van der Waals surface area (Å²) in [6.45, 7) is 1.76. The van der Waals surface area contributed by atoms with Gasteiger partial charge >= 0.3 is 0 Å². The van der Waals surface area contributed by atoms with Crippen LogP contribution in [-0.4, -0.2) is 35.8 Å². The molecule has 2 amide bonds. The normalized spacial score (nSPS) is 23.1. The lowest BCUT2D eigenvalue weighted by Crippen LogP contribution is -2.52. The highest BCUT2D eigenvalue weighted by molar-refractivity contribution is 5.99. The summed E-state index contributed by atoms with van der Waals surface area (Å²) in [6, 6.07) is 3.72. The van der Waals surface area contributed by atoms with Gasteiger partial charge < -0.3 is 9.73 Å². The second-order valence-corrected chi connectivity index (χ2v) is 5.26. The Morgan fingerprint density at radius 2 is 1.84 bits per heavy atom. The van der Waals surface area contributed by atoms with Crippen LogP contribution in [0.4, 0.5) is 0 Å². The number of piperidine rings is 2. The van der Waals surface area contributed by atoms with Gasteiger partial charge in [0.2, 0.25) is 11.8 Å². The Morgan fingerprint density at radius 1 is 1.16 bits per heavy atom. The van der Waals surface area contributed by atoms with Gasteiger partial charge in [0.25, 0.3) is 0 Å². The van der Waals surface area contributed by atoms with Crippen LogP contribution >= 0.6 is 0 Å². The highest BCUT2D eigenvalue weighted by Gasteiger charge is 2.38. The smallest absolute Gasteiger partial charge is 0.230 e. The lowest BCUT2D eigenvalue weighted by Gasteiger charge is -2.37. The van der Waals surface area contributed by atoms with Gasteiger partial charge in [0, 0.05) is 24.8 Å². The van der Waals surface area contributed by atoms with Gasteiger partial charge in [-0.1, -0.05) is 0 Å². The zero-order valence-electron chi connectivity index (χ0n) is 10.8. The fourth-order valence-corrected chi connectivity index (χ4v) is 3.03. The van der Waals surface area contributed by atoms with Gasteiger partial charge in [-0.2, -0.15) is 0 Å².